The molecular formula is C12H17NO3S. The van der Waals surface area contributed by atoms with E-state index in [1.165, 1.54) is 6.07 Å². The summed E-state index contributed by atoms with van der Waals surface area (Å²) in [7, 11) is 1.76. The van der Waals surface area contributed by atoms with E-state index in [2.05, 4.69) is 0 Å². The SMILES string of the molecule is CCC(CC)N(C)C(=O)c1ccc(C(=O)O)s1. The minimum Gasteiger partial charge on any atom is -0.477 e. The Kier molecular flexibility index (Phi) is 4.69. The fourth-order valence-electron chi connectivity index (χ4n) is 1.74. The highest BCUT2D eigenvalue weighted by Crippen LogP contribution is 2.20. The first-order valence-corrected chi connectivity index (χ1v) is 6.43. The highest BCUT2D eigenvalue weighted by Gasteiger charge is 2.20. The molecule has 1 amide bonds. The Hall–Kier alpha value is -1.36. The van der Waals surface area contributed by atoms with Crippen LogP contribution >= 0.6 is 11.3 Å². The Morgan fingerprint density at radius 1 is 1.29 bits per heavy atom. The molecular weight excluding hydrogens is 238 g/mol. The fourth-order valence-corrected chi connectivity index (χ4v) is 2.57. The van der Waals surface area contributed by atoms with Gasteiger partial charge in [0.05, 0.1) is 4.88 Å². The number of rotatable bonds is 5. The van der Waals surface area contributed by atoms with E-state index < -0.39 is 5.97 Å². The van der Waals surface area contributed by atoms with Crippen LogP contribution in [0.5, 0.6) is 0 Å². The summed E-state index contributed by atoms with van der Waals surface area (Å²) in [6, 6.07) is 3.26. The summed E-state index contributed by atoms with van der Waals surface area (Å²) >= 11 is 1.03. The number of hydrogen-bond acceptors (Lipinski definition) is 3. The average molecular weight is 255 g/mol. The number of nitrogens with zero attached hydrogens (tertiary/aromatic N) is 1. The summed E-state index contributed by atoms with van der Waals surface area (Å²) in [6.45, 7) is 4.07. The molecule has 0 bridgehead atoms. The molecule has 0 unspecified atom stereocenters. The van der Waals surface area contributed by atoms with Crippen LogP contribution in [0.4, 0.5) is 0 Å². The van der Waals surface area contributed by atoms with E-state index in [4.69, 9.17) is 5.11 Å². The quantitative estimate of drug-likeness (QED) is 0.880. The van der Waals surface area contributed by atoms with Crippen LogP contribution in [0.1, 0.15) is 46.0 Å². The van der Waals surface area contributed by atoms with Crippen molar-refractivity contribution >= 4 is 23.2 Å². The zero-order valence-corrected chi connectivity index (χ0v) is 11.1. The van der Waals surface area contributed by atoms with Gasteiger partial charge in [-0.2, -0.15) is 0 Å². The molecule has 0 aliphatic carbocycles. The van der Waals surface area contributed by atoms with Crippen molar-refractivity contribution in [1.29, 1.82) is 0 Å². The van der Waals surface area contributed by atoms with Crippen molar-refractivity contribution in [1.82, 2.24) is 4.90 Å². The van der Waals surface area contributed by atoms with Gasteiger partial charge in [0.25, 0.3) is 5.91 Å². The van der Waals surface area contributed by atoms with E-state index in [9.17, 15) is 9.59 Å². The van der Waals surface area contributed by atoms with Crippen molar-refractivity contribution in [2.75, 3.05) is 7.05 Å². The lowest BCUT2D eigenvalue weighted by molar-refractivity contribution is 0.0700. The van der Waals surface area contributed by atoms with E-state index in [1.54, 1.807) is 18.0 Å². The standard InChI is InChI=1S/C12H17NO3S/c1-4-8(5-2)13(3)11(14)9-6-7-10(17-9)12(15)16/h6-8H,4-5H2,1-3H3,(H,15,16). The summed E-state index contributed by atoms with van der Waals surface area (Å²) in [6.07, 6.45) is 1.80. The average Bonchev–Trinajstić information content (AvgIpc) is 2.78. The normalized spacial score (nSPS) is 10.6. The topological polar surface area (TPSA) is 57.6 Å². The molecule has 1 N–H and O–H groups in total. The predicted molar refractivity (Wildman–Crippen MR) is 67.7 cm³/mol. The first-order chi connectivity index (χ1) is 8.01. The maximum Gasteiger partial charge on any atom is 0.345 e. The largest absolute Gasteiger partial charge is 0.477 e. The van der Waals surface area contributed by atoms with Gasteiger partial charge in [-0.15, -0.1) is 11.3 Å². The van der Waals surface area contributed by atoms with Gasteiger partial charge in [0, 0.05) is 13.1 Å². The molecule has 0 radical (unpaired) electrons. The van der Waals surface area contributed by atoms with Gasteiger partial charge in [0.15, 0.2) is 0 Å². The number of thiophene rings is 1. The first-order valence-electron chi connectivity index (χ1n) is 5.61. The third-order valence-corrected chi connectivity index (χ3v) is 3.90. The molecule has 5 heteroatoms. The number of aromatic carboxylic acids is 1. The smallest absolute Gasteiger partial charge is 0.345 e. The van der Waals surface area contributed by atoms with E-state index in [0.29, 0.717) is 4.88 Å². The number of amides is 1. The van der Waals surface area contributed by atoms with Gasteiger partial charge >= 0.3 is 5.97 Å². The van der Waals surface area contributed by atoms with Gasteiger partial charge in [-0.1, -0.05) is 13.8 Å². The summed E-state index contributed by atoms with van der Waals surface area (Å²) in [5, 5.41) is 8.81. The lowest BCUT2D eigenvalue weighted by atomic mass is 10.1. The van der Waals surface area contributed by atoms with E-state index in [-0.39, 0.29) is 16.8 Å². The summed E-state index contributed by atoms with van der Waals surface area (Å²) in [5.74, 6) is -1.09. The second-order valence-electron chi connectivity index (χ2n) is 3.86. The lowest BCUT2D eigenvalue weighted by Gasteiger charge is -2.25. The molecule has 0 saturated carbocycles. The Balaban J connectivity index is 2.84. The summed E-state index contributed by atoms with van der Waals surface area (Å²) < 4.78 is 0. The van der Waals surface area contributed by atoms with Gasteiger partial charge in [0.1, 0.15) is 4.88 Å². The van der Waals surface area contributed by atoms with E-state index in [0.717, 1.165) is 24.2 Å². The van der Waals surface area contributed by atoms with Gasteiger partial charge in [-0.25, -0.2) is 4.79 Å². The highest BCUT2D eigenvalue weighted by atomic mass is 32.1. The zero-order valence-electron chi connectivity index (χ0n) is 10.3. The highest BCUT2D eigenvalue weighted by molar-refractivity contribution is 7.15. The van der Waals surface area contributed by atoms with Crippen LogP contribution in [0.2, 0.25) is 0 Å². The maximum atomic E-state index is 12.1. The Labute approximate surface area is 105 Å². The molecule has 17 heavy (non-hydrogen) atoms. The number of carbonyl (C=O) groups is 2. The molecule has 0 aliphatic heterocycles. The van der Waals surface area contributed by atoms with Gasteiger partial charge in [-0.3, -0.25) is 4.79 Å². The molecule has 1 aromatic heterocycles. The first kappa shape index (κ1) is 13.7. The van der Waals surface area contributed by atoms with Crippen LogP contribution in [0, 0.1) is 0 Å². The minimum absolute atomic E-state index is 0.101. The van der Waals surface area contributed by atoms with Gasteiger partial charge < -0.3 is 10.0 Å². The second-order valence-corrected chi connectivity index (χ2v) is 4.94. The molecule has 4 nitrogen and oxygen atoms in total. The van der Waals surface area contributed by atoms with Crippen molar-refractivity contribution in [2.45, 2.75) is 32.7 Å². The van der Waals surface area contributed by atoms with Gasteiger partial charge in [-0.05, 0) is 25.0 Å². The molecule has 1 aromatic rings. The van der Waals surface area contributed by atoms with Crippen molar-refractivity contribution in [3.8, 4) is 0 Å². The second kappa shape index (κ2) is 5.82. The Morgan fingerprint density at radius 3 is 2.24 bits per heavy atom. The van der Waals surface area contributed by atoms with Crippen molar-refractivity contribution in [2.24, 2.45) is 0 Å². The van der Waals surface area contributed by atoms with E-state index in [1.807, 2.05) is 13.8 Å². The van der Waals surface area contributed by atoms with Crippen LogP contribution < -0.4 is 0 Å². The van der Waals surface area contributed by atoms with Crippen LogP contribution in [-0.4, -0.2) is 35.0 Å². The molecule has 0 aliphatic rings. The third kappa shape index (κ3) is 3.06. The minimum atomic E-state index is -0.987. The Morgan fingerprint density at radius 2 is 1.82 bits per heavy atom. The van der Waals surface area contributed by atoms with Crippen molar-refractivity contribution in [3.63, 3.8) is 0 Å². The van der Waals surface area contributed by atoms with Crippen LogP contribution in [-0.2, 0) is 0 Å². The van der Waals surface area contributed by atoms with E-state index >= 15 is 0 Å². The number of carbonyl (C=O) groups excluding carboxylic acids is 1. The molecule has 0 saturated heterocycles. The van der Waals surface area contributed by atoms with Crippen molar-refractivity contribution < 1.29 is 14.7 Å². The molecule has 0 spiro atoms. The maximum absolute atomic E-state index is 12.1. The number of carboxylic acid groups (broad SMARTS) is 1. The zero-order chi connectivity index (χ0) is 13.0. The molecule has 0 fully saturated rings. The Bertz CT molecular complexity index is 410. The summed E-state index contributed by atoms with van der Waals surface area (Å²) in [4.78, 5) is 25.2. The van der Waals surface area contributed by atoms with Crippen LogP contribution in [0.15, 0.2) is 12.1 Å². The van der Waals surface area contributed by atoms with Crippen molar-refractivity contribution in [3.05, 3.63) is 21.9 Å². The number of hydrogen-bond donors (Lipinski definition) is 1. The third-order valence-electron chi connectivity index (χ3n) is 2.84. The molecule has 0 aromatic carbocycles. The number of carboxylic acids is 1. The fraction of sp³-hybridized carbons (Fsp3) is 0.500. The molecule has 1 rings (SSSR count). The van der Waals surface area contributed by atoms with Crippen LogP contribution in [0.25, 0.3) is 0 Å². The lowest BCUT2D eigenvalue weighted by Crippen LogP contribution is -2.35. The van der Waals surface area contributed by atoms with Gasteiger partial charge in [0.2, 0.25) is 0 Å². The monoisotopic (exact) mass is 255 g/mol. The molecule has 1 heterocycles. The molecule has 0 atom stereocenters. The summed E-state index contributed by atoms with van der Waals surface area (Å²) in [5.41, 5.74) is 0. The molecule has 94 valence electrons. The predicted octanol–water partition coefficient (Wildman–Crippen LogP) is 2.71. The van der Waals surface area contributed by atoms with Crippen LogP contribution in [0.3, 0.4) is 0 Å².